The Morgan fingerprint density at radius 2 is 2.04 bits per heavy atom. The minimum absolute atomic E-state index is 0.0647. The number of aromatic nitrogens is 4. The lowest BCUT2D eigenvalue weighted by molar-refractivity contribution is 0.0697. The van der Waals surface area contributed by atoms with Gasteiger partial charge in [-0.05, 0) is 17.7 Å². The fourth-order valence-corrected chi connectivity index (χ4v) is 2.05. The van der Waals surface area contributed by atoms with Crippen LogP contribution in [0.15, 0.2) is 49.1 Å². The molecule has 0 unspecified atom stereocenters. The van der Waals surface area contributed by atoms with E-state index >= 15 is 0 Å². The predicted octanol–water partition coefficient (Wildman–Crippen LogP) is 2.59. The number of benzene rings is 1. The fraction of sp³-hybridized carbons (Fsp3) is 0.0667. The molecule has 7 nitrogen and oxygen atoms in total. The van der Waals surface area contributed by atoms with Gasteiger partial charge in [-0.25, -0.2) is 19.4 Å². The molecule has 0 bridgehead atoms. The SMILES string of the molecule is O=C(O)c1cnn(-c2ncc(OCc3cccc(Cl)c3)cn2)c1. The van der Waals surface area contributed by atoms with Crippen molar-refractivity contribution in [1.29, 1.82) is 0 Å². The molecular formula is C15H11ClN4O3. The summed E-state index contributed by atoms with van der Waals surface area (Å²) in [6.45, 7) is 0.341. The summed E-state index contributed by atoms with van der Waals surface area (Å²) < 4.78 is 6.86. The smallest absolute Gasteiger partial charge is 0.338 e. The largest absolute Gasteiger partial charge is 0.486 e. The van der Waals surface area contributed by atoms with Gasteiger partial charge in [-0.15, -0.1) is 0 Å². The molecule has 0 saturated heterocycles. The van der Waals surface area contributed by atoms with E-state index in [1.165, 1.54) is 29.5 Å². The summed E-state index contributed by atoms with van der Waals surface area (Å²) in [6.07, 6.45) is 5.56. The molecule has 2 aromatic heterocycles. The fourth-order valence-electron chi connectivity index (χ4n) is 1.84. The zero-order valence-electron chi connectivity index (χ0n) is 11.8. The van der Waals surface area contributed by atoms with E-state index in [1.54, 1.807) is 6.07 Å². The summed E-state index contributed by atoms with van der Waals surface area (Å²) in [5, 5.41) is 13.4. The maximum absolute atomic E-state index is 10.8. The molecular weight excluding hydrogens is 320 g/mol. The second-order valence-corrected chi connectivity index (χ2v) is 5.05. The molecule has 0 aliphatic carbocycles. The molecule has 116 valence electrons. The number of halogens is 1. The monoisotopic (exact) mass is 330 g/mol. The number of nitrogens with zero attached hydrogens (tertiary/aromatic N) is 4. The molecule has 0 radical (unpaired) electrons. The molecule has 0 aliphatic rings. The first kappa shape index (κ1) is 15.0. The summed E-state index contributed by atoms with van der Waals surface area (Å²) in [4.78, 5) is 19.0. The molecule has 3 aromatic rings. The van der Waals surface area contributed by atoms with E-state index in [1.807, 2.05) is 18.2 Å². The highest BCUT2D eigenvalue weighted by Gasteiger charge is 2.09. The van der Waals surface area contributed by atoms with Gasteiger partial charge in [0.15, 0.2) is 5.75 Å². The van der Waals surface area contributed by atoms with Crippen molar-refractivity contribution in [3.63, 3.8) is 0 Å². The number of aromatic carboxylic acids is 1. The van der Waals surface area contributed by atoms with E-state index in [2.05, 4.69) is 15.1 Å². The minimum atomic E-state index is -1.06. The third-order valence-corrected chi connectivity index (χ3v) is 3.18. The average molecular weight is 331 g/mol. The zero-order chi connectivity index (χ0) is 16.2. The number of hydrogen-bond acceptors (Lipinski definition) is 5. The number of carbonyl (C=O) groups is 1. The average Bonchev–Trinajstić information content (AvgIpc) is 3.04. The highest BCUT2D eigenvalue weighted by atomic mass is 35.5. The van der Waals surface area contributed by atoms with Crippen LogP contribution in [0.3, 0.4) is 0 Å². The second kappa shape index (κ2) is 6.45. The van der Waals surface area contributed by atoms with Crippen LogP contribution in [0.4, 0.5) is 0 Å². The lowest BCUT2D eigenvalue weighted by Gasteiger charge is -2.06. The van der Waals surface area contributed by atoms with Gasteiger partial charge >= 0.3 is 5.97 Å². The Labute approximate surface area is 136 Å². The molecule has 8 heteroatoms. The van der Waals surface area contributed by atoms with Crippen molar-refractivity contribution in [2.75, 3.05) is 0 Å². The van der Waals surface area contributed by atoms with Gasteiger partial charge in [-0.2, -0.15) is 5.10 Å². The molecule has 3 rings (SSSR count). The summed E-state index contributed by atoms with van der Waals surface area (Å²) in [7, 11) is 0. The molecule has 0 spiro atoms. The molecule has 1 N–H and O–H groups in total. The maximum Gasteiger partial charge on any atom is 0.338 e. The molecule has 0 fully saturated rings. The van der Waals surface area contributed by atoms with Crippen molar-refractivity contribution in [3.05, 3.63) is 65.2 Å². The Morgan fingerprint density at radius 3 is 2.70 bits per heavy atom. The van der Waals surface area contributed by atoms with Gasteiger partial charge in [0, 0.05) is 11.2 Å². The van der Waals surface area contributed by atoms with Crippen LogP contribution in [-0.2, 0) is 6.61 Å². The van der Waals surface area contributed by atoms with E-state index in [0.717, 1.165) is 5.56 Å². The van der Waals surface area contributed by atoms with Gasteiger partial charge in [0.25, 0.3) is 5.95 Å². The molecule has 0 atom stereocenters. The van der Waals surface area contributed by atoms with Crippen LogP contribution in [0, 0.1) is 0 Å². The first-order valence-corrected chi connectivity index (χ1v) is 6.97. The lowest BCUT2D eigenvalue weighted by atomic mass is 10.2. The van der Waals surface area contributed by atoms with Crippen LogP contribution in [0.5, 0.6) is 5.75 Å². The molecule has 0 saturated carbocycles. The molecule has 0 aliphatic heterocycles. The van der Waals surface area contributed by atoms with E-state index in [0.29, 0.717) is 17.4 Å². The maximum atomic E-state index is 10.8. The number of hydrogen-bond donors (Lipinski definition) is 1. The Morgan fingerprint density at radius 1 is 1.26 bits per heavy atom. The van der Waals surface area contributed by atoms with Crippen molar-refractivity contribution < 1.29 is 14.6 Å². The first-order chi connectivity index (χ1) is 11.1. The Kier molecular flexibility index (Phi) is 4.20. The second-order valence-electron chi connectivity index (χ2n) is 4.62. The molecule has 2 heterocycles. The number of carboxylic acid groups (broad SMARTS) is 1. The van der Waals surface area contributed by atoms with Gasteiger partial charge < -0.3 is 9.84 Å². The van der Waals surface area contributed by atoms with Crippen molar-refractivity contribution in [2.45, 2.75) is 6.61 Å². The van der Waals surface area contributed by atoms with Gasteiger partial charge in [-0.1, -0.05) is 23.7 Å². The summed E-state index contributed by atoms with van der Waals surface area (Å²) in [5.41, 5.74) is 0.995. The summed E-state index contributed by atoms with van der Waals surface area (Å²) in [5.74, 6) is -0.315. The zero-order valence-corrected chi connectivity index (χ0v) is 12.5. The Hall–Kier alpha value is -2.93. The Balaban J connectivity index is 1.68. The van der Waals surface area contributed by atoms with Crippen LogP contribution in [0.1, 0.15) is 15.9 Å². The standard InChI is InChI=1S/C15H11ClN4O3/c16-12-3-1-2-10(4-12)9-23-13-6-17-15(18-7-13)20-8-11(5-19-20)14(21)22/h1-8H,9H2,(H,21,22). The van der Waals surface area contributed by atoms with Gasteiger partial charge in [0.2, 0.25) is 0 Å². The van der Waals surface area contributed by atoms with Gasteiger partial charge in [0.1, 0.15) is 6.61 Å². The molecule has 23 heavy (non-hydrogen) atoms. The van der Waals surface area contributed by atoms with Crippen molar-refractivity contribution in [1.82, 2.24) is 19.7 Å². The first-order valence-electron chi connectivity index (χ1n) is 6.59. The summed E-state index contributed by atoms with van der Waals surface area (Å²) >= 11 is 5.91. The lowest BCUT2D eigenvalue weighted by Crippen LogP contribution is -2.03. The van der Waals surface area contributed by atoms with E-state index < -0.39 is 5.97 Å². The topological polar surface area (TPSA) is 90.1 Å². The van der Waals surface area contributed by atoms with Crippen LogP contribution in [0.2, 0.25) is 5.02 Å². The quantitative estimate of drug-likeness (QED) is 0.773. The van der Waals surface area contributed by atoms with Gasteiger partial charge in [-0.3, -0.25) is 0 Å². The third kappa shape index (κ3) is 3.64. The third-order valence-electron chi connectivity index (χ3n) is 2.94. The van der Waals surface area contributed by atoms with Crippen LogP contribution in [-0.4, -0.2) is 30.8 Å². The number of rotatable bonds is 5. The van der Waals surface area contributed by atoms with Crippen LogP contribution in [0.25, 0.3) is 5.95 Å². The minimum Gasteiger partial charge on any atom is -0.486 e. The number of carboxylic acids is 1. The highest BCUT2D eigenvalue weighted by molar-refractivity contribution is 6.30. The Bertz CT molecular complexity index is 833. The van der Waals surface area contributed by atoms with E-state index in [-0.39, 0.29) is 11.5 Å². The normalized spacial score (nSPS) is 10.5. The van der Waals surface area contributed by atoms with Crippen molar-refractivity contribution in [3.8, 4) is 11.7 Å². The molecule has 0 amide bonds. The van der Waals surface area contributed by atoms with E-state index in [4.69, 9.17) is 21.4 Å². The van der Waals surface area contributed by atoms with Crippen molar-refractivity contribution in [2.24, 2.45) is 0 Å². The predicted molar refractivity (Wildman–Crippen MR) is 81.9 cm³/mol. The van der Waals surface area contributed by atoms with Crippen LogP contribution < -0.4 is 4.74 Å². The highest BCUT2D eigenvalue weighted by Crippen LogP contribution is 2.14. The van der Waals surface area contributed by atoms with E-state index in [9.17, 15) is 4.79 Å². The van der Waals surface area contributed by atoms with Crippen LogP contribution >= 0.6 is 11.6 Å². The summed E-state index contributed by atoms with van der Waals surface area (Å²) in [6, 6.07) is 7.35. The van der Waals surface area contributed by atoms with Crippen molar-refractivity contribution >= 4 is 17.6 Å². The number of ether oxygens (including phenoxy) is 1. The van der Waals surface area contributed by atoms with Gasteiger partial charge in [0.05, 0.1) is 24.2 Å². The molecule has 1 aromatic carbocycles.